The molecule has 3 aliphatic rings. The Hall–Kier alpha value is -3.04. The zero-order valence-corrected chi connectivity index (χ0v) is 14.6. The van der Waals surface area contributed by atoms with E-state index in [1.807, 2.05) is 4.90 Å². The van der Waals surface area contributed by atoms with E-state index >= 15 is 0 Å². The molecule has 3 fully saturated rings. The molecule has 2 atom stereocenters. The molecule has 1 aromatic rings. The minimum atomic E-state index is -0.519. The molecule has 4 rings (SSSR count). The summed E-state index contributed by atoms with van der Waals surface area (Å²) in [5, 5.41) is 10.5. The van der Waals surface area contributed by atoms with Gasteiger partial charge in [-0.05, 0) is 31.0 Å². The van der Waals surface area contributed by atoms with Crippen molar-refractivity contribution in [1.82, 2.24) is 20.9 Å². The fourth-order valence-electron chi connectivity index (χ4n) is 3.68. The largest absolute Gasteiger partial charge is 0.369 e. The second kappa shape index (κ2) is 6.93. The van der Waals surface area contributed by atoms with Gasteiger partial charge in [-0.3, -0.25) is 9.69 Å². The molecule has 27 heavy (non-hydrogen) atoms. The van der Waals surface area contributed by atoms with Crippen LogP contribution in [0.3, 0.4) is 0 Å². The van der Waals surface area contributed by atoms with E-state index in [2.05, 4.69) is 21.3 Å². The van der Waals surface area contributed by atoms with E-state index < -0.39 is 12.3 Å². The van der Waals surface area contributed by atoms with E-state index in [1.54, 1.807) is 12.1 Å². The Bertz CT molecular complexity index is 782. The van der Waals surface area contributed by atoms with Gasteiger partial charge in [-0.2, -0.15) is 0 Å². The number of carbonyl (C=O) groups is 3. The number of hydrogen-bond acceptors (Lipinski definition) is 4. The summed E-state index contributed by atoms with van der Waals surface area (Å²) in [7, 11) is 0. The summed E-state index contributed by atoms with van der Waals surface area (Å²) in [6, 6.07) is 3.94. The Balaban J connectivity index is 1.32. The standard InChI is InChI=1S/C17H21FN6O3/c18-11-9-10(3-4-12(11)23-6-1-2-7-23)19-13(25)5-8-24-15-14(21-17(24)27)20-16(26)22-15/h3-4,9,14-15H,1-2,5-8H2,(H,19,25)(H,21,27)(H2,20,22,26). The SMILES string of the molecule is O=C(CCN1C(=O)NC2NC(=O)NC21)Nc1ccc(N2CCCC2)c(F)c1. The number of carbonyl (C=O) groups excluding carboxylic acids is 3. The molecule has 0 aromatic heterocycles. The first-order chi connectivity index (χ1) is 13.0. The van der Waals surface area contributed by atoms with Crippen LogP contribution in [0.5, 0.6) is 0 Å². The first kappa shape index (κ1) is 17.4. The minimum absolute atomic E-state index is 0.0298. The zero-order chi connectivity index (χ0) is 19.0. The number of amides is 5. The molecule has 0 spiro atoms. The summed E-state index contributed by atoms with van der Waals surface area (Å²) in [6.45, 7) is 1.82. The average Bonchev–Trinajstić information content (AvgIpc) is 3.30. The Morgan fingerprint density at radius 2 is 1.96 bits per heavy atom. The van der Waals surface area contributed by atoms with Crippen LogP contribution in [-0.4, -0.2) is 54.8 Å². The molecule has 0 bridgehead atoms. The quantitative estimate of drug-likeness (QED) is 0.608. The van der Waals surface area contributed by atoms with E-state index in [0.29, 0.717) is 11.4 Å². The molecule has 4 N–H and O–H groups in total. The lowest BCUT2D eigenvalue weighted by Gasteiger charge is -2.21. The molecule has 0 aliphatic carbocycles. The van der Waals surface area contributed by atoms with Crippen molar-refractivity contribution in [3.63, 3.8) is 0 Å². The summed E-state index contributed by atoms with van der Waals surface area (Å²) >= 11 is 0. The van der Waals surface area contributed by atoms with Crippen molar-refractivity contribution >= 4 is 29.3 Å². The van der Waals surface area contributed by atoms with Crippen molar-refractivity contribution in [2.24, 2.45) is 0 Å². The van der Waals surface area contributed by atoms with Crippen molar-refractivity contribution in [2.45, 2.75) is 31.6 Å². The number of nitrogens with zero attached hydrogens (tertiary/aromatic N) is 2. The number of urea groups is 2. The van der Waals surface area contributed by atoms with Gasteiger partial charge in [0.25, 0.3) is 0 Å². The van der Waals surface area contributed by atoms with Crippen LogP contribution in [0.25, 0.3) is 0 Å². The normalized spacial score (nSPS) is 23.7. The summed E-state index contributed by atoms with van der Waals surface area (Å²) in [5.41, 5.74) is 0.926. The van der Waals surface area contributed by atoms with Crippen molar-refractivity contribution < 1.29 is 18.8 Å². The molecule has 10 heteroatoms. The number of rotatable bonds is 5. The maximum atomic E-state index is 14.3. The Kier molecular flexibility index (Phi) is 4.46. The Morgan fingerprint density at radius 3 is 2.70 bits per heavy atom. The number of anilines is 2. The lowest BCUT2D eigenvalue weighted by Crippen LogP contribution is -2.44. The molecule has 3 heterocycles. The lowest BCUT2D eigenvalue weighted by atomic mass is 10.2. The van der Waals surface area contributed by atoms with Crippen molar-refractivity contribution in [2.75, 3.05) is 29.9 Å². The highest BCUT2D eigenvalue weighted by atomic mass is 19.1. The van der Waals surface area contributed by atoms with Crippen molar-refractivity contribution in [3.8, 4) is 0 Å². The Morgan fingerprint density at radius 1 is 1.19 bits per heavy atom. The van der Waals surface area contributed by atoms with Gasteiger partial charge in [-0.1, -0.05) is 0 Å². The predicted molar refractivity (Wildman–Crippen MR) is 95.6 cm³/mol. The van der Waals surface area contributed by atoms with Crippen LogP contribution < -0.4 is 26.2 Å². The fraction of sp³-hybridized carbons (Fsp3) is 0.471. The zero-order valence-electron chi connectivity index (χ0n) is 14.6. The average molecular weight is 376 g/mol. The molecule has 0 saturated carbocycles. The monoisotopic (exact) mass is 376 g/mol. The molecule has 0 radical (unpaired) electrons. The van der Waals surface area contributed by atoms with E-state index in [9.17, 15) is 18.8 Å². The van der Waals surface area contributed by atoms with Gasteiger partial charge >= 0.3 is 12.1 Å². The second-order valence-electron chi connectivity index (χ2n) is 6.84. The topological polar surface area (TPSA) is 106 Å². The molecule has 2 unspecified atom stereocenters. The van der Waals surface area contributed by atoms with Gasteiger partial charge in [0, 0.05) is 31.7 Å². The van der Waals surface area contributed by atoms with Crippen LogP contribution in [0.2, 0.25) is 0 Å². The molecule has 3 aliphatic heterocycles. The van der Waals surface area contributed by atoms with Gasteiger partial charge in [-0.25, -0.2) is 14.0 Å². The number of benzene rings is 1. The molecule has 9 nitrogen and oxygen atoms in total. The highest BCUT2D eigenvalue weighted by molar-refractivity contribution is 5.91. The van der Waals surface area contributed by atoms with Crippen LogP contribution in [0.4, 0.5) is 25.4 Å². The first-order valence-electron chi connectivity index (χ1n) is 9.00. The molecular weight excluding hydrogens is 355 g/mol. The number of halogens is 1. The van der Waals surface area contributed by atoms with Crippen LogP contribution in [0.15, 0.2) is 18.2 Å². The minimum Gasteiger partial charge on any atom is -0.369 e. The van der Waals surface area contributed by atoms with Gasteiger partial charge in [0.2, 0.25) is 5.91 Å². The molecular formula is C17H21FN6O3. The number of fused-ring (bicyclic) bond motifs is 1. The van der Waals surface area contributed by atoms with Gasteiger partial charge in [-0.15, -0.1) is 0 Å². The Labute approximate surface area is 155 Å². The van der Waals surface area contributed by atoms with E-state index in [-0.39, 0.29) is 36.8 Å². The predicted octanol–water partition coefficient (Wildman–Crippen LogP) is 0.745. The first-order valence-corrected chi connectivity index (χ1v) is 9.00. The maximum Gasteiger partial charge on any atom is 0.320 e. The van der Waals surface area contributed by atoms with Crippen LogP contribution >= 0.6 is 0 Å². The van der Waals surface area contributed by atoms with Gasteiger partial charge < -0.3 is 26.2 Å². The molecule has 1 aromatic carbocycles. The lowest BCUT2D eigenvalue weighted by molar-refractivity contribution is -0.116. The molecule has 144 valence electrons. The molecule has 5 amide bonds. The highest BCUT2D eigenvalue weighted by Crippen LogP contribution is 2.26. The maximum absolute atomic E-state index is 14.3. The van der Waals surface area contributed by atoms with Crippen molar-refractivity contribution in [3.05, 3.63) is 24.0 Å². The fourth-order valence-corrected chi connectivity index (χ4v) is 3.68. The third-order valence-electron chi connectivity index (χ3n) is 5.01. The number of hydrogen-bond donors (Lipinski definition) is 4. The van der Waals surface area contributed by atoms with Gasteiger partial charge in [0.15, 0.2) is 0 Å². The van der Waals surface area contributed by atoms with Crippen LogP contribution in [-0.2, 0) is 4.79 Å². The summed E-state index contributed by atoms with van der Waals surface area (Å²) in [6.07, 6.45) is 1.12. The van der Waals surface area contributed by atoms with Gasteiger partial charge in [0.05, 0.1) is 5.69 Å². The molecule has 3 saturated heterocycles. The van der Waals surface area contributed by atoms with Gasteiger partial charge in [0.1, 0.15) is 18.1 Å². The van der Waals surface area contributed by atoms with E-state index in [4.69, 9.17) is 0 Å². The van der Waals surface area contributed by atoms with Crippen LogP contribution in [0, 0.1) is 5.82 Å². The number of nitrogens with one attached hydrogen (secondary N) is 4. The van der Waals surface area contributed by atoms with E-state index in [0.717, 1.165) is 25.9 Å². The summed E-state index contributed by atoms with van der Waals surface area (Å²) < 4.78 is 14.3. The summed E-state index contributed by atoms with van der Waals surface area (Å²) in [4.78, 5) is 38.8. The van der Waals surface area contributed by atoms with Crippen molar-refractivity contribution in [1.29, 1.82) is 0 Å². The third kappa shape index (κ3) is 3.46. The summed E-state index contributed by atoms with van der Waals surface area (Å²) in [5.74, 6) is -0.701. The second-order valence-corrected chi connectivity index (χ2v) is 6.84. The highest BCUT2D eigenvalue weighted by Gasteiger charge is 2.45. The van der Waals surface area contributed by atoms with E-state index in [1.165, 1.54) is 11.0 Å². The smallest absolute Gasteiger partial charge is 0.320 e. The van der Waals surface area contributed by atoms with Crippen LogP contribution in [0.1, 0.15) is 19.3 Å². The third-order valence-corrected chi connectivity index (χ3v) is 5.01.